The number of aromatic nitrogens is 1. The summed E-state index contributed by atoms with van der Waals surface area (Å²) < 4.78 is 13.9. The van der Waals surface area contributed by atoms with Crippen LogP contribution in [0.4, 0.5) is 21.5 Å². The molecule has 5 N–H and O–H groups in total. The van der Waals surface area contributed by atoms with Gasteiger partial charge in [-0.3, -0.25) is 14.7 Å². The van der Waals surface area contributed by atoms with Crippen molar-refractivity contribution in [2.75, 3.05) is 23.7 Å². The highest BCUT2D eigenvalue weighted by Gasteiger charge is 2.27. The molecule has 1 atom stereocenters. The van der Waals surface area contributed by atoms with Gasteiger partial charge in [-0.05, 0) is 82.5 Å². The molecule has 4 aromatic rings. The van der Waals surface area contributed by atoms with Gasteiger partial charge in [-0.25, -0.2) is 4.39 Å². The summed E-state index contributed by atoms with van der Waals surface area (Å²) in [5.74, 6) is -0.612. The van der Waals surface area contributed by atoms with E-state index < -0.39 is 11.9 Å². The Morgan fingerprint density at radius 3 is 2.49 bits per heavy atom. The summed E-state index contributed by atoms with van der Waals surface area (Å²) >= 11 is 12.8. The van der Waals surface area contributed by atoms with E-state index in [0.29, 0.717) is 44.2 Å². The smallest absolute Gasteiger partial charge is 0.159 e. The van der Waals surface area contributed by atoms with Crippen LogP contribution in [0.5, 0.6) is 0 Å². The molecule has 11 heteroatoms. The Morgan fingerprint density at radius 2 is 1.83 bits per heavy atom. The van der Waals surface area contributed by atoms with Crippen molar-refractivity contribution < 1.29 is 9.18 Å². The largest absolute Gasteiger partial charge is 0.399 e. The summed E-state index contributed by atoms with van der Waals surface area (Å²) in [7, 11) is 0. The van der Waals surface area contributed by atoms with Crippen LogP contribution in [-0.4, -0.2) is 40.3 Å². The quantitative estimate of drug-likeness (QED) is 0.131. The molecule has 0 radical (unpaired) electrons. The second-order valence-electron chi connectivity index (χ2n) is 12.8. The number of ketones is 1. The fourth-order valence-electron chi connectivity index (χ4n) is 5.76. The Labute approximate surface area is 284 Å². The van der Waals surface area contributed by atoms with E-state index in [9.17, 15) is 14.4 Å². The van der Waals surface area contributed by atoms with E-state index in [2.05, 4.69) is 52.7 Å². The highest BCUT2D eigenvalue weighted by molar-refractivity contribution is 6.36. The lowest BCUT2D eigenvalue weighted by molar-refractivity contribution is 0.0988. The van der Waals surface area contributed by atoms with Crippen molar-refractivity contribution in [1.29, 1.82) is 5.26 Å². The van der Waals surface area contributed by atoms with Crippen LogP contribution >= 0.6 is 23.2 Å². The molecule has 0 amide bonds. The van der Waals surface area contributed by atoms with E-state index in [0.717, 1.165) is 31.5 Å². The lowest BCUT2D eigenvalue weighted by Gasteiger charge is -2.41. The Balaban J connectivity index is 1.51. The van der Waals surface area contributed by atoms with Crippen molar-refractivity contribution in [3.05, 3.63) is 105 Å². The van der Waals surface area contributed by atoms with Crippen molar-refractivity contribution in [3.63, 3.8) is 0 Å². The van der Waals surface area contributed by atoms with Gasteiger partial charge in [0.2, 0.25) is 0 Å². The Hall–Kier alpha value is -4.36. The molecule has 1 aromatic heterocycles. The zero-order valence-electron chi connectivity index (χ0n) is 26.8. The normalized spacial score (nSPS) is 15.2. The Bertz CT molecular complexity index is 1870. The molecule has 8 nitrogen and oxygen atoms in total. The van der Waals surface area contributed by atoms with Crippen molar-refractivity contribution >= 4 is 57.0 Å². The molecular weight excluding hydrogens is 636 g/mol. The molecule has 1 fully saturated rings. The van der Waals surface area contributed by atoms with Crippen LogP contribution in [0.1, 0.15) is 68.1 Å². The minimum atomic E-state index is -0.553. The predicted octanol–water partition coefficient (Wildman–Crippen LogP) is 8.30. The average molecular weight is 675 g/mol. The number of carbonyl (C=O) groups is 1. The first-order valence-electron chi connectivity index (χ1n) is 15.4. The van der Waals surface area contributed by atoms with Gasteiger partial charge < -0.3 is 21.7 Å². The van der Waals surface area contributed by atoms with Crippen LogP contribution in [0.3, 0.4) is 0 Å². The highest BCUT2D eigenvalue weighted by atomic mass is 35.5. The molecule has 1 saturated heterocycles. The first-order valence-corrected chi connectivity index (χ1v) is 16.2. The molecule has 0 spiro atoms. The number of nitrogens with zero attached hydrogens (tertiary/aromatic N) is 3. The van der Waals surface area contributed by atoms with E-state index in [1.807, 2.05) is 30.5 Å². The van der Waals surface area contributed by atoms with Gasteiger partial charge in [-0.2, -0.15) is 5.26 Å². The summed E-state index contributed by atoms with van der Waals surface area (Å²) in [5, 5.41) is 21.0. The number of benzene rings is 3. The molecule has 0 aliphatic carbocycles. The number of halogens is 3. The monoisotopic (exact) mass is 673 g/mol. The zero-order chi connectivity index (χ0) is 33.9. The second-order valence-corrected chi connectivity index (χ2v) is 13.6. The van der Waals surface area contributed by atoms with E-state index in [1.165, 1.54) is 31.3 Å². The Kier molecular flexibility index (Phi) is 10.3. The molecule has 47 heavy (non-hydrogen) atoms. The number of likely N-dealkylation sites (tertiary alicyclic amines) is 1. The van der Waals surface area contributed by atoms with Crippen molar-refractivity contribution in [1.82, 2.24) is 15.2 Å². The van der Waals surface area contributed by atoms with Gasteiger partial charge in [0.1, 0.15) is 11.9 Å². The number of nitriles is 1. The molecule has 5 rings (SSSR count). The fraction of sp³-hybridized carbons (Fsp3) is 0.306. The number of nitrogens with one attached hydrogen (secondary N) is 3. The third-order valence-corrected chi connectivity index (χ3v) is 9.01. The second kappa shape index (κ2) is 14.2. The van der Waals surface area contributed by atoms with Gasteiger partial charge >= 0.3 is 0 Å². The van der Waals surface area contributed by atoms with Crippen LogP contribution < -0.4 is 21.7 Å². The van der Waals surface area contributed by atoms with Crippen molar-refractivity contribution in [3.8, 4) is 6.07 Å². The first kappa shape index (κ1) is 34.0. The number of Topliss-reactive ketones (excluding diaryl/α,β-unsaturated/α-hetero) is 1. The lowest BCUT2D eigenvalue weighted by Crippen LogP contribution is -2.49. The maximum Gasteiger partial charge on any atom is 0.159 e. The number of anilines is 3. The molecule has 0 saturated carbocycles. The molecular formula is C36H38Cl2FN7O. The van der Waals surface area contributed by atoms with Gasteiger partial charge in [0.25, 0.3) is 0 Å². The Morgan fingerprint density at radius 1 is 1.11 bits per heavy atom. The van der Waals surface area contributed by atoms with Crippen LogP contribution in [0.2, 0.25) is 10.0 Å². The van der Waals surface area contributed by atoms with E-state index >= 15 is 0 Å². The van der Waals surface area contributed by atoms with Gasteiger partial charge in [0.15, 0.2) is 5.78 Å². The minimum Gasteiger partial charge on any atom is -0.399 e. The number of rotatable bonds is 9. The third kappa shape index (κ3) is 7.96. The van der Waals surface area contributed by atoms with E-state index in [1.54, 1.807) is 12.1 Å². The van der Waals surface area contributed by atoms with Crippen LogP contribution in [0.15, 0.2) is 72.7 Å². The number of nitrogens with two attached hydrogens (primary N) is 1. The molecule has 1 aliphatic rings. The van der Waals surface area contributed by atoms with Gasteiger partial charge in [-0.15, -0.1) is 0 Å². The molecule has 1 aliphatic heterocycles. The van der Waals surface area contributed by atoms with Crippen LogP contribution in [0.25, 0.3) is 10.9 Å². The molecule has 1 unspecified atom stereocenters. The number of piperidine rings is 1. The summed E-state index contributed by atoms with van der Waals surface area (Å²) in [4.78, 5) is 19.2. The molecule has 3 aromatic carbocycles. The number of hydrogen-bond donors (Lipinski definition) is 4. The number of fused-ring (bicyclic) bond motifs is 1. The molecule has 244 valence electrons. The molecule has 2 heterocycles. The van der Waals surface area contributed by atoms with Gasteiger partial charge in [0.05, 0.1) is 38.6 Å². The van der Waals surface area contributed by atoms with Gasteiger partial charge in [0, 0.05) is 59.4 Å². The summed E-state index contributed by atoms with van der Waals surface area (Å²) in [6.45, 7) is 10.2. The lowest BCUT2D eigenvalue weighted by atomic mass is 9.97. The van der Waals surface area contributed by atoms with Crippen molar-refractivity contribution in [2.24, 2.45) is 5.73 Å². The van der Waals surface area contributed by atoms with Crippen LogP contribution in [-0.2, 0) is 0 Å². The van der Waals surface area contributed by atoms with Crippen molar-refractivity contribution in [2.45, 2.75) is 58.2 Å². The topological polar surface area (TPSA) is 119 Å². The number of carbonyl (C=O) groups excluding carboxylic acids is 1. The summed E-state index contributed by atoms with van der Waals surface area (Å²) in [5.41, 5.74) is 11.0. The standard InChI is InChI=1S/C36H38Cl2FN7O/c1-21(47)22-6-5-7-23(14-22)34(32(41)20-42-25-10-12-46(13-11-25)36(2,3)4)45-27-15-28-33(44-26-8-9-31(39)29(37)16-26)24(18-40)19-43-35(28)30(38)17-27/h5-9,14-17,19-20,25,34,42,45H,10-13,41H2,1-4H3,(H,43,44)/b32-20-. The minimum absolute atomic E-state index is 0.0569. The number of hydrogen-bond acceptors (Lipinski definition) is 8. The van der Waals surface area contributed by atoms with Gasteiger partial charge in [-0.1, -0.05) is 41.4 Å². The maximum atomic E-state index is 13.9. The third-order valence-electron chi connectivity index (χ3n) is 8.43. The highest BCUT2D eigenvalue weighted by Crippen LogP contribution is 2.37. The average Bonchev–Trinajstić information content (AvgIpc) is 3.04. The fourth-order valence-corrected chi connectivity index (χ4v) is 6.21. The van der Waals surface area contributed by atoms with E-state index in [-0.39, 0.29) is 28.0 Å². The maximum absolute atomic E-state index is 13.9. The molecule has 0 bridgehead atoms. The predicted molar refractivity (Wildman–Crippen MR) is 189 cm³/mol. The SMILES string of the molecule is CC(=O)c1cccc(C(Nc2cc(Cl)c3ncc(C#N)c(Nc4ccc(F)c(Cl)c4)c3c2)/C(N)=C/NC2CCN(C(C)(C)C)CC2)c1. The first-order chi connectivity index (χ1) is 22.3. The zero-order valence-corrected chi connectivity index (χ0v) is 28.3. The summed E-state index contributed by atoms with van der Waals surface area (Å²) in [6, 6.07) is 17.0. The van der Waals surface area contributed by atoms with Crippen LogP contribution in [0, 0.1) is 17.1 Å². The number of pyridine rings is 1. The van der Waals surface area contributed by atoms with E-state index in [4.69, 9.17) is 28.9 Å². The summed E-state index contributed by atoms with van der Waals surface area (Å²) in [6.07, 6.45) is 5.26.